The Morgan fingerprint density at radius 3 is 2.80 bits per heavy atom. The Kier molecular flexibility index (Phi) is 10.8. The first kappa shape index (κ1) is 30.9. The van der Waals surface area contributed by atoms with Crippen LogP contribution in [-0.2, 0) is 31.5 Å². The van der Waals surface area contributed by atoms with Gasteiger partial charge in [0.15, 0.2) is 11.2 Å². The molecular formula is C26H29BrN5O7PS. The molecule has 0 aliphatic rings. The topological polar surface area (TPSA) is 161 Å². The number of aryl methyl sites for hydroxylation is 1. The number of nitrogens with one attached hydrogen (secondary N) is 1. The minimum atomic E-state index is -3.72. The maximum atomic E-state index is 13.6. The van der Waals surface area contributed by atoms with Crippen molar-refractivity contribution in [3.63, 3.8) is 0 Å². The molecule has 2 heterocycles. The summed E-state index contributed by atoms with van der Waals surface area (Å²) >= 11 is 4.45. The molecule has 218 valence electrons. The molecule has 4 rings (SSSR count). The van der Waals surface area contributed by atoms with E-state index in [4.69, 9.17) is 24.3 Å². The number of carbonyl (C=O) groups excluding carboxylic acids is 1. The second-order valence-electron chi connectivity index (χ2n) is 8.77. The lowest BCUT2D eigenvalue weighted by molar-refractivity contribution is 0.108. The molecule has 4 aromatic rings. The molecule has 1 unspecified atom stereocenters. The number of rotatable bonds is 14. The molecule has 2 aromatic carbocycles. The first-order valence-electron chi connectivity index (χ1n) is 12.4. The third kappa shape index (κ3) is 8.51. The fourth-order valence-corrected chi connectivity index (χ4v) is 6.23. The lowest BCUT2D eigenvalue weighted by Gasteiger charge is -2.19. The summed E-state index contributed by atoms with van der Waals surface area (Å²) in [6.07, 6.45) is 1.13. The van der Waals surface area contributed by atoms with E-state index in [9.17, 15) is 14.2 Å². The zero-order valence-electron chi connectivity index (χ0n) is 22.4. The number of methoxy groups -OCH3 is 1. The number of aromatic amines is 1. The Balaban J connectivity index is 1.34. The number of thioether (sulfide) groups is 1. The Morgan fingerprint density at radius 2 is 2.02 bits per heavy atom. The Morgan fingerprint density at radius 1 is 1.20 bits per heavy atom. The maximum absolute atomic E-state index is 13.6. The van der Waals surface area contributed by atoms with Crippen LogP contribution in [0.15, 0.2) is 58.1 Å². The number of nitrogens with two attached hydrogens (primary N) is 1. The molecule has 12 nitrogen and oxygen atoms in total. The number of hydrogen-bond donors (Lipinski definition) is 2. The second kappa shape index (κ2) is 14.3. The van der Waals surface area contributed by atoms with E-state index in [1.165, 1.54) is 6.33 Å². The number of aromatic nitrogens is 4. The maximum Gasteiger partial charge on any atom is 0.356 e. The van der Waals surface area contributed by atoms with Crippen LogP contribution < -0.4 is 16.0 Å². The van der Waals surface area contributed by atoms with Gasteiger partial charge in [-0.25, -0.2) is 4.98 Å². The third-order valence-corrected chi connectivity index (χ3v) is 8.74. The van der Waals surface area contributed by atoms with Crippen molar-refractivity contribution in [2.75, 3.05) is 38.2 Å². The van der Waals surface area contributed by atoms with Crippen LogP contribution in [0.4, 0.5) is 5.95 Å². The largest absolute Gasteiger partial charge is 0.496 e. The van der Waals surface area contributed by atoms with Crippen LogP contribution in [0.2, 0.25) is 0 Å². The van der Waals surface area contributed by atoms with E-state index in [-0.39, 0.29) is 55.0 Å². The number of ether oxygens (including phenoxy) is 2. The van der Waals surface area contributed by atoms with Crippen molar-refractivity contribution in [1.82, 2.24) is 19.5 Å². The van der Waals surface area contributed by atoms with Gasteiger partial charge in [0.1, 0.15) is 12.1 Å². The van der Waals surface area contributed by atoms with Gasteiger partial charge in [-0.05, 0) is 42.3 Å². The summed E-state index contributed by atoms with van der Waals surface area (Å²) in [6.45, 7) is 2.30. The summed E-state index contributed by atoms with van der Waals surface area (Å²) < 4.78 is 38.4. The molecule has 0 saturated heterocycles. The van der Waals surface area contributed by atoms with Crippen molar-refractivity contribution >= 4 is 57.5 Å². The number of anilines is 1. The number of H-pyrrole nitrogens is 1. The predicted molar refractivity (Wildman–Crippen MR) is 160 cm³/mol. The van der Waals surface area contributed by atoms with E-state index < -0.39 is 13.2 Å². The summed E-state index contributed by atoms with van der Waals surface area (Å²) in [5, 5.41) is -0.159. The van der Waals surface area contributed by atoms with Crippen LogP contribution in [0.3, 0.4) is 0 Å². The van der Waals surface area contributed by atoms with Gasteiger partial charge in [-0.15, -0.1) is 0 Å². The fourth-order valence-electron chi connectivity index (χ4n) is 3.73. The predicted octanol–water partition coefficient (Wildman–Crippen LogP) is 4.76. The number of nitrogens with zero attached hydrogens (tertiary/aromatic N) is 3. The molecule has 0 spiro atoms. The normalized spacial score (nSPS) is 12.9. The van der Waals surface area contributed by atoms with E-state index in [1.54, 1.807) is 23.8 Å². The van der Waals surface area contributed by atoms with Gasteiger partial charge in [-0.1, -0.05) is 45.9 Å². The Labute approximate surface area is 248 Å². The molecule has 2 aromatic heterocycles. The molecule has 0 amide bonds. The summed E-state index contributed by atoms with van der Waals surface area (Å²) in [5.74, 6) is 0.856. The van der Waals surface area contributed by atoms with Gasteiger partial charge in [-0.3, -0.25) is 19.1 Å². The molecule has 0 aliphatic carbocycles. The van der Waals surface area contributed by atoms with Crippen molar-refractivity contribution in [3.05, 3.63) is 80.3 Å². The summed E-state index contributed by atoms with van der Waals surface area (Å²) in [6, 6.07) is 12.6. The molecule has 15 heteroatoms. The van der Waals surface area contributed by atoms with E-state index in [2.05, 4.69) is 30.9 Å². The average Bonchev–Trinajstić information content (AvgIpc) is 3.35. The van der Waals surface area contributed by atoms with E-state index in [1.807, 2.05) is 37.3 Å². The lowest BCUT2D eigenvalue weighted by Crippen LogP contribution is -2.13. The van der Waals surface area contributed by atoms with Gasteiger partial charge < -0.3 is 28.8 Å². The van der Waals surface area contributed by atoms with E-state index in [0.717, 1.165) is 27.4 Å². The fraction of sp³-hybridized carbons (Fsp3) is 0.308. The number of hydrogen-bond acceptors (Lipinski definition) is 11. The third-order valence-electron chi connectivity index (χ3n) is 5.78. The SMILES string of the molecule is COc1cc(C(=O)SCCOP(=O)(COCCn2cnc3c(=O)[nH]c(N)nc32)OCc2cccc(Br)c2)ccc1C. The first-order valence-corrected chi connectivity index (χ1v) is 15.9. The van der Waals surface area contributed by atoms with Crippen LogP contribution in [0.5, 0.6) is 5.75 Å². The number of carbonyl (C=O) groups is 1. The van der Waals surface area contributed by atoms with Crippen molar-refractivity contribution in [2.24, 2.45) is 0 Å². The lowest BCUT2D eigenvalue weighted by atomic mass is 10.1. The molecule has 3 N–H and O–H groups in total. The monoisotopic (exact) mass is 665 g/mol. The minimum absolute atomic E-state index is 0.00332. The number of benzene rings is 2. The van der Waals surface area contributed by atoms with Crippen molar-refractivity contribution < 1.29 is 27.9 Å². The minimum Gasteiger partial charge on any atom is -0.496 e. The highest BCUT2D eigenvalue weighted by atomic mass is 79.9. The highest BCUT2D eigenvalue weighted by Gasteiger charge is 2.26. The molecule has 1 atom stereocenters. The average molecular weight is 666 g/mol. The second-order valence-corrected chi connectivity index (χ2v) is 12.7. The molecular weight excluding hydrogens is 637 g/mol. The van der Waals surface area contributed by atoms with Gasteiger partial charge >= 0.3 is 7.60 Å². The molecule has 0 aliphatic heterocycles. The van der Waals surface area contributed by atoms with Crippen LogP contribution in [-0.4, -0.2) is 57.1 Å². The summed E-state index contributed by atoms with van der Waals surface area (Å²) in [7, 11) is -2.17. The summed E-state index contributed by atoms with van der Waals surface area (Å²) in [4.78, 5) is 35.2. The van der Waals surface area contributed by atoms with Gasteiger partial charge in [-0.2, -0.15) is 4.98 Å². The van der Waals surface area contributed by atoms with E-state index in [0.29, 0.717) is 17.0 Å². The smallest absolute Gasteiger partial charge is 0.356 e. The highest BCUT2D eigenvalue weighted by molar-refractivity contribution is 9.10. The van der Waals surface area contributed by atoms with Crippen LogP contribution in [0.1, 0.15) is 21.5 Å². The highest BCUT2D eigenvalue weighted by Crippen LogP contribution is 2.49. The molecule has 0 saturated carbocycles. The summed E-state index contributed by atoms with van der Waals surface area (Å²) in [5.41, 5.74) is 7.89. The van der Waals surface area contributed by atoms with Crippen LogP contribution >= 0.6 is 35.3 Å². The Hall–Kier alpha value is -3.00. The van der Waals surface area contributed by atoms with Gasteiger partial charge in [0.05, 0.1) is 33.3 Å². The number of imidazole rings is 1. The van der Waals surface area contributed by atoms with Gasteiger partial charge in [0.25, 0.3) is 5.56 Å². The molecule has 41 heavy (non-hydrogen) atoms. The Bertz CT molecular complexity index is 1630. The zero-order chi connectivity index (χ0) is 29.4. The van der Waals surface area contributed by atoms with Crippen LogP contribution in [0, 0.1) is 6.92 Å². The van der Waals surface area contributed by atoms with Crippen molar-refractivity contribution in [2.45, 2.75) is 20.1 Å². The van der Waals surface area contributed by atoms with E-state index >= 15 is 0 Å². The van der Waals surface area contributed by atoms with Crippen molar-refractivity contribution in [3.8, 4) is 5.75 Å². The van der Waals surface area contributed by atoms with Gasteiger partial charge in [0.2, 0.25) is 11.1 Å². The first-order chi connectivity index (χ1) is 19.7. The van der Waals surface area contributed by atoms with Crippen molar-refractivity contribution in [1.29, 1.82) is 0 Å². The zero-order valence-corrected chi connectivity index (χ0v) is 25.7. The quantitative estimate of drug-likeness (QED) is 0.141. The van der Waals surface area contributed by atoms with Gasteiger partial charge in [0, 0.05) is 22.3 Å². The number of halogens is 1. The number of nitrogen functional groups attached to an aromatic ring is 1. The van der Waals surface area contributed by atoms with Crippen LogP contribution in [0.25, 0.3) is 11.2 Å². The molecule has 0 bridgehead atoms. The molecule has 0 radical (unpaired) electrons. The number of fused-ring (bicyclic) bond motifs is 1. The standard InChI is InChI=1S/C26H29BrN5O7PS/c1-17-6-7-19(13-21(17)36-2)25(34)41-11-10-38-40(35,39-14-18-4-3-5-20(27)12-18)16-37-9-8-32-15-29-22-23(32)30-26(28)31-24(22)33/h3-7,12-13,15H,8-11,14,16H2,1-2H3,(H3,28,30,31,33). The molecule has 0 fully saturated rings.